The molecule has 90 valence electrons. The van der Waals surface area contributed by atoms with E-state index in [0.717, 1.165) is 22.2 Å². The van der Waals surface area contributed by atoms with Gasteiger partial charge in [0.1, 0.15) is 11.6 Å². The third-order valence-electron chi connectivity index (χ3n) is 2.67. The van der Waals surface area contributed by atoms with Gasteiger partial charge in [-0.3, -0.25) is 0 Å². The first-order valence-corrected chi connectivity index (χ1v) is 6.14. The Morgan fingerprint density at radius 3 is 2.82 bits per heavy atom. The van der Waals surface area contributed by atoms with Crippen LogP contribution in [0.3, 0.4) is 0 Å². The van der Waals surface area contributed by atoms with Crippen molar-refractivity contribution in [2.24, 2.45) is 0 Å². The minimum Gasteiger partial charge on any atom is -0.469 e. The minimum atomic E-state index is -0.242. The Bertz CT molecular complexity index is 484. The van der Waals surface area contributed by atoms with E-state index >= 15 is 0 Å². The highest BCUT2D eigenvalue weighted by atomic mass is 79.9. The van der Waals surface area contributed by atoms with E-state index in [1.807, 2.05) is 19.2 Å². The Hall–Kier alpha value is -1.13. The van der Waals surface area contributed by atoms with Gasteiger partial charge in [-0.1, -0.05) is 22.0 Å². The first kappa shape index (κ1) is 12.3. The van der Waals surface area contributed by atoms with Gasteiger partial charge in [-0.15, -0.1) is 0 Å². The molecule has 0 radical (unpaired) electrons. The number of furan rings is 1. The van der Waals surface area contributed by atoms with Gasteiger partial charge in [0.2, 0.25) is 0 Å². The molecule has 17 heavy (non-hydrogen) atoms. The summed E-state index contributed by atoms with van der Waals surface area (Å²) < 4.78 is 19.1. The molecule has 0 saturated carbocycles. The fourth-order valence-electron chi connectivity index (χ4n) is 1.78. The van der Waals surface area contributed by atoms with Gasteiger partial charge in [0.15, 0.2) is 0 Å². The topological polar surface area (TPSA) is 25.2 Å². The highest BCUT2D eigenvalue weighted by molar-refractivity contribution is 9.10. The Morgan fingerprint density at radius 2 is 2.24 bits per heavy atom. The minimum absolute atomic E-state index is 0.0936. The molecule has 1 atom stereocenters. The van der Waals surface area contributed by atoms with Crippen molar-refractivity contribution in [2.75, 3.05) is 7.05 Å². The molecule has 1 unspecified atom stereocenters. The molecular weight excluding hydrogens is 285 g/mol. The van der Waals surface area contributed by atoms with Crippen molar-refractivity contribution in [1.82, 2.24) is 5.32 Å². The van der Waals surface area contributed by atoms with Gasteiger partial charge in [0.25, 0.3) is 0 Å². The van der Waals surface area contributed by atoms with E-state index in [1.165, 1.54) is 12.1 Å². The second kappa shape index (κ2) is 5.47. The van der Waals surface area contributed by atoms with Crippen molar-refractivity contribution in [2.45, 2.75) is 12.5 Å². The highest BCUT2D eigenvalue weighted by Gasteiger charge is 2.15. The summed E-state index contributed by atoms with van der Waals surface area (Å²) in [7, 11) is 1.88. The number of hydrogen-bond donors (Lipinski definition) is 1. The van der Waals surface area contributed by atoms with Crippen LogP contribution in [0.1, 0.15) is 17.4 Å². The number of benzene rings is 1. The van der Waals surface area contributed by atoms with E-state index in [-0.39, 0.29) is 11.9 Å². The van der Waals surface area contributed by atoms with Crippen LogP contribution in [-0.4, -0.2) is 7.05 Å². The Balaban J connectivity index is 2.23. The molecule has 0 aliphatic heterocycles. The summed E-state index contributed by atoms with van der Waals surface area (Å²) in [5, 5.41) is 3.20. The van der Waals surface area contributed by atoms with Gasteiger partial charge in [-0.05, 0) is 36.9 Å². The number of nitrogens with one attached hydrogen (secondary N) is 1. The van der Waals surface area contributed by atoms with Crippen molar-refractivity contribution < 1.29 is 8.81 Å². The molecule has 0 bridgehead atoms. The third kappa shape index (κ3) is 2.96. The number of likely N-dealkylation sites (N-methyl/N-ethyl adjacent to an activating group) is 1. The smallest absolute Gasteiger partial charge is 0.124 e. The van der Waals surface area contributed by atoms with Crippen LogP contribution in [0.5, 0.6) is 0 Å². The summed E-state index contributed by atoms with van der Waals surface area (Å²) >= 11 is 3.38. The molecule has 1 aromatic carbocycles. The monoisotopic (exact) mass is 297 g/mol. The first-order valence-electron chi connectivity index (χ1n) is 5.35. The number of halogens is 2. The summed E-state index contributed by atoms with van der Waals surface area (Å²) in [6, 6.07) is 8.61. The Labute approximate surface area is 108 Å². The third-order valence-corrected chi connectivity index (χ3v) is 3.36. The van der Waals surface area contributed by atoms with Crippen LogP contribution in [0.2, 0.25) is 0 Å². The summed E-state index contributed by atoms with van der Waals surface area (Å²) in [4.78, 5) is 0. The van der Waals surface area contributed by atoms with Crippen LogP contribution in [0, 0.1) is 5.82 Å². The molecule has 2 nitrogen and oxygen atoms in total. The molecule has 0 fully saturated rings. The van der Waals surface area contributed by atoms with Crippen LogP contribution in [0.15, 0.2) is 45.5 Å². The van der Waals surface area contributed by atoms with E-state index in [1.54, 1.807) is 12.3 Å². The van der Waals surface area contributed by atoms with Crippen molar-refractivity contribution >= 4 is 15.9 Å². The molecule has 2 aromatic rings. The molecule has 0 aliphatic carbocycles. The summed E-state index contributed by atoms with van der Waals surface area (Å²) in [6.07, 6.45) is 2.38. The second-order valence-corrected chi connectivity index (χ2v) is 4.64. The van der Waals surface area contributed by atoms with E-state index in [0.29, 0.717) is 0 Å². The molecule has 1 heterocycles. The zero-order chi connectivity index (χ0) is 12.3. The Morgan fingerprint density at radius 1 is 1.41 bits per heavy atom. The molecule has 0 amide bonds. The maximum atomic E-state index is 13.0. The quantitative estimate of drug-likeness (QED) is 0.931. The van der Waals surface area contributed by atoms with Gasteiger partial charge in [0, 0.05) is 16.9 Å². The lowest BCUT2D eigenvalue weighted by molar-refractivity contribution is 0.465. The summed E-state index contributed by atoms with van der Waals surface area (Å²) in [5.41, 5.74) is 1.02. The van der Waals surface area contributed by atoms with E-state index < -0.39 is 0 Å². The van der Waals surface area contributed by atoms with Crippen molar-refractivity contribution in [3.8, 4) is 0 Å². The lowest BCUT2D eigenvalue weighted by Gasteiger charge is -2.17. The van der Waals surface area contributed by atoms with Crippen molar-refractivity contribution in [1.29, 1.82) is 0 Å². The van der Waals surface area contributed by atoms with Gasteiger partial charge in [-0.25, -0.2) is 4.39 Å². The first-order chi connectivity index (χ1) is 8.20. The molecular formula is C13H13BrFNO. The molecule has 1 N–H and O–H groups in total. The maximum absolute atomic E-state index is 13.0. The average Bonchev–Trinajstić information content (AvgIpc) is 2.79. The standard InChI is InChI=1S/C13H13BrFNO/c1-16-13(8-10-3-2-6-17-10)11-5-4-9(15)7-12(11)14/h2-7,13,16H,8H2,1H3. The molecule has 0 spiro atoms. The fraction of sp³-hybridized carbons (Fsp3) is 0.231. The van der Waals surface area contributed by atoms with Crippen molar-refractivity contribution in [3.63, 3.8) is 0 Å². The van der Waals surface area contributed by atoms with Crippen molar-refractivity contribution in [3.05, 3.63) is 58.2 Å². The average molecular weight is 298 g/mol. The predicted octanol–water partition coefficient (Wildman–Crippen LogP) is 3.68. The molecule has 0 aliphatic rings. The van der Waals surface area contributed by atoms with Crippen LogP contribution in [-0.2, 0) is 6.42 Å². The molecule has 2 rings (SSSR count). The Kier molecular flexibility index (Phi) is 3.97. The number of hydrogen-bond acceptors (Lipinski definition) is 2. The fourth-order valence-corrected chi connectivity index (χ4v) is 2.41. The highest BCUT2D eigenvalue weighted by Crippen LogP contribution is 2.26. The van der Waals surface area contributed by atoms with Crippen LogP contribution in [0.4, 0.5) is 4.39 Å². The largest absolute Gasteiger partial charge is 0.469 e. The lowest BCUT2D eigenvalue weighted by atomic mass is 10.0. The van der Waals surface area contributed by atoms with Gasteiger partial charge >= 0.3 is 0 Å². The summed E-state index contributed by atoms with van der Waals surface area (Å²) in [6.45, 7) is 0. The lowest BCUT2D eigenvalue weighted by Crippen LogP contribution is -2.19. The molecule has 4 heteroatoms. The number of rotatable bonds is 4. The summed E-state index contributed by atoms with van der Waals surface area (Å²) in [5.74, 6) is 0.661. The SMILES string of the molecule is CNC(Cc1ccco1)c1ccc(F)cc1Br. The normalized spacial score (nSPS) is 12.6. The zero-order valence-electron chi connectivity index (χ0n) is 9.41. The van der Waals surface area contributed by atoms with E-state index in [9.17, 15) is 4.39 Å². The van der Waals surface area contributed by atoms with E-state index in [4.69, 9.17) is 4.42 Å². The van der Waals surface area contributed by atoms with Crippen LogP contribution < -0.4 is 5.32 Å². The molecule has 1 aromatic heterocycles. The van der Waals surface area contributed by atoms with E-state index in [2.05, 4.69) is 21.2 Å². The van der Waals surface area contributed by atoms with Gasteiger partial charge in [-0.2, -0.15) is 0 Å². The van der Waals surface area contributed by atoms with Gasteiger partial charge in [0.05, 0.1) is 6.26 Å². The van der Waals surface area contributed by atoms with Crippen LogP contribution in [0.25, 0.3) is 0 Å². The zero-order valence-corrected chi connectivity index (χ0v) is 11.0. The second-order valence-electron chi connectivity index (χ2n) is 3.79. The predicted molar refractivity (Wildman–Crippen MR) is 68.3 cm³/mol. The maximum Gasteiger partial charge on any atom is 0.124 e. The van der Waals surface area contributed by atoms with Gasteiger partial charge < -0.3 is 9.73 Å². The van der Waals surface area contributed by atoms with Crippen LogP contribution >= 0.6 is 15.9 Å². The molecule has 0 saturated heterocycles.